The van der Waals surface area contributed by atoms with E-state index in [9.17, 15) is 13.6 Å². The number of halogens is 2. The molecule has 8 nitrogen and oxygen atoms in total. The summed E-state index contributed by atoms with van der Waals surface area (Å²) in [5.74, 6) is -0.438. The van der Waals surface area contributed by atoms with Gasteiger partial charge in [0.15, 0.2) is 5.82 Å². The van der Waals surface area contributed by atoms with E-state index in [0.717, 1.165) is 25.5 Å². The van der Waals surface area contributed by atoms with E-state index < -0.39 is 11.6 Å². The topological polar surface area (TPSA) is 88.8 Å². The molecule has 0 bridgehead atoms. The third-order valence-electron chi connectivity index (χ3n) is 4.88. The number of carbonyl (C=O) groups excluding carboxylic acids is 1. The summed E-state index contributed by atoms with van der Waals surface area (Å²) in [5.41, 5.74) is 0.251. The molecule has 4 rings (SSSR count). The number of rotatable bonds is 5. The molecule has 3 aromatic rings. The van der Waals surface area contributed by atoms with E-state index in [1.807, 2.05) is 4.90 Å². The third kappa shape index (κ3) is 4.36. The van der Waals surface area contributed by atoms with Crippen LogP contribution < -0.4 is 10.2 Å². The highest BCUT2D eigenvalue weighted by Gasteiger charge is 2.27. The second-order valence-electron chi connectivity index (χ2n) is 6.81. The molecule has 1 aliphatic heterocycles. The third-order valence-corrected chi connectivity index (χ3v) is 4.88. The molecule has 1 unspecified atom stereocenters. The van der Waals surface area contributed by atoms with Crippen LogP contribution in [0.5, 0.6) is 0 Å². The molecule has 1 aromatic carbocycles. The van der Waals surface area contributed by atoms with Gasteiger partial charge in [0.2, 0.25) is 5.91 Å². The number of nitrogens with zero attached hydrogens (tertiary/aromatic N) is 6. The van der Waals surface area contributed by atoms with Crippen LogP contribution in [0.3, 0.4) is 0 Å². The fraction of sp³-hybridized carbons (Fsp3) is 0.316. The second-order valence-corrected chi connectivity index (χ2v) is 6.81. The molecule has 2 aromatic heterocycles. The number of hydrogen-bond acceptors (Lipinski definition) is 6. The lowest BCUT2D eigenvalue weighted by atomic mass is 9.97. The normalized spacial score (nSPS) is 16.6. The fourth-order valence-electron chi connectivity index (χ4n) is 3.35. The minimum absolute atomic E-state index is 0.0192. The average molecular weight is 399 g/mol. The lowest BCUT2D eigenvalue weighted by Gasteiger charge is -2.32. The van der Waals surface area contributed by atoms with Crippen molar-refractivity contribution in [2.45, 2.75) is 19.4 Å². The van der Waals surface area contributed by atoms with Gasteiger partial charge in [-0.2, -0.15) is 5.10 Å². The minimum atomic E-state index is -0.669. The van der Waals surface area contributed by atoms with Gasteiger partial charge in [0.25, 0.3) is 0 Å². The summed E-state index contributed by atoms with van der Waals surface area (Å²) in [7, 11) is 0. The zero-order chi connectivity index (χ0) is 20.2. The van der Waals surface area contributed by atoms with Crippen LogP contribution >= 0.6 is 0 Å². The summed E-state index contributed by atoms with van der Waals surface area (Å²) in [6, 6.07) is 5.12. The maximum absolute atomic E-state index is 13.8. The Kier molecular flexibility index (Phi) is 5.41. The Labute approximate surface area is 165 Å². The first-order chi connectivity index (χ1) is 14.1. The molecule has 10 heteroatoms. The quantitative estimate of drug-likeness (QED) is 0.705. The molecule has 1 N–H and O–H groups in total. The Morgan fingerprint density at radius 3 is 2.83 bits per heavy atom. The van der Waals surface area contributed by atoms with Crippen LogP contribution in [0.4, 0.5) is 14.6 Å². The molecular formula is C19H19F2N7O. The predicted octanol–water partition coefficient (Wildman–Crippen LogP) is 1.87. The van der Waals surface area contributed by atoms with Gasteiger partial charge in [0.1, 0.15) is 36.4 Å². The summed E-state index contributed by atoms with van der Waals surface area (Å²) in [5, 5.41) is 6.81. The highest BCUT2D eigenvalue weighted by molar-refractivity contribution is 5.79. The summed E-state index contributed by atoms with van der Waals surface area (Å²) in [6.45, 7) is 1.28. The first-order valence-corrected chi connectivity index (χ1v) is 9.24. The molecule has 1 amide bonds. The molecule has 0 radical (unpaired) electrons. The van der Waals surface area contributed by atoms with Crippen molar-refractivity contribution >= 4 is 11.7 Å². The Hall–Kier alpha value is -3.43. The van der Waals surface area contributed by atoms with E-state index in [-0.39, 0.29) is 23.9 Å². The van der Waals surface area contributed by atoms with Crippen molar-refractivity contribution in [1.29, 1.82) is 0 Å². The highest BCUT2D eigenvalue weighted by atomic mass is 19.1. The van der Waals surface area contributed by atoms with Crippen molar-refractivity contribution in [3.63, 3.8) is 0 Å². The highest BCUT2D eigenvalue weighted by Crippen LogP contribution is 2.23. The van der Waals surface area contributed by atoms with Crippen LogP contribution in [-0.2, 0) is 11.3 Å². The predicted molar refractivity (Wildman–Crippen MR) is 100 cm³/mol. The van der Waals surface area contributed by atoms with Crippen molar-refractivity contribution in [1.82, 2.24) is 30.0 Å². The van der Waals surface area contributed by atoms with Crippen molar-refractivity contribution in [3.8, 4) is 5.82 Å². The fourth-order valence-corrected chi connectivity index (χ4v) is 3.35. The van der Waals surface area contributed by atoms with Gasteiger partial charge in [-0.15, -0.1) is 0 Å². The van der Waals surface area contributed by atoms with Crippen LogP contribution in [0.25, 0.3) is 5.82 Å². The Morgan fingerprint density at radius 2 is 2.03 bits per heavy atom. The number of carbonyl (C=O) groups is 1. The standard InChI is InChI=1S/C19H19F2N7O/c20-15-4-3-13(16(21)6-15)8-23-19(29)14-2-1-5-27(9-14)17-7-18(25-11-24-17)28-12-22-10-26-28/h3-4,6-7,10-12,14H,1-2,5,8-9H2,(H,23,29). The SMILES string of the molecule is O=C(NCc1ccc(F)cc1F)C1CCCN(c2cc(-n3cncn3)ncn2)C1. The molecule has 1 aliphatic rings. The molecule has 29 heavy (non-hydrogen) atoms. The van der Waals surface area contributed by atoms with Gasteiger partial charge < -0.3 is 10.2 Å². The molecule has 150 valence electrons. The van der Waals surface area contributed by atoms with Crippen molar-refractivity contribution < 1.29 is 13.6 Å². The average Bonchev–Trinajstić information content (AvgIpc) is 3.28. The molecule has 0 aliphatic carbocycles. The van der Waals surface area contributed by atoms with E-state index in [4.69, 9.17) is 0 Å². The monoisotopic (exact) mass is 399 g/mol. The summed E-state index contributed by atoms with van der Waals surface area (Å²) >= 11 is 0. The van der Waals surface area contributed by atoms with E-state index >= 15 is 0 Å². The van der Waals surface area contributed by atoms with Gasteiger partial charge in [0.05, 0.1) is 5.92 Å². The number of anilines is 1. The van der Waals surface area contributed by atoms with Gasteiger partial charge in [-0.25, -0.2) is 28.4 Å². The summed E-state index contributed by atoms with van der Waals surface area (Å²) < 4.78 is 28.3. The van der Waals surface area contributed by atoms with Crippen LogP contribution in [-0.4, -0.2) is 43.7 Å². The maximum Gasteiger partial charge on any atom is 0.225 e. The van der Waals surface area contributed by atoms with E-state index in [0.29, 0.717) is 18.2 Å². The largest absolute Gasteiger partial charge is 0.356 e. The van der Waals surface area contributed by atoms with Gasteiger partial charge in [-0.3, -0.25) is 4.79 Å². The minimum Gasteiger partial charge on any atom is -0.356 e. The molecule has 1 saturated heterocycles. The molecule has 1 fully saturated rings. The summed E-state index contributed by atoms with van der Waals surface area (Å²) in [6.07, 6.45) is 5.98. The van der Waals surface area contributed by atoms with Crippen LogP contribution in [0.1, 0.15) is 18.4 Å². The number of aromatic nitrogens is 5. The van der Waals surface area contributed by atoms with Gasteiger partial charge in [0, 0.05) is 37.3 Å². The van der Waals surface area contributed by atoms with E-state index in [1.165, 1.54) is 29.5 Å². The van der Waals surface area contributed by atoms with Crippen molar-refractivity contribution in [2.75, 3.05) is 18.0 Å². The Bertz CT molecular complexity index is 996. The van der Waals surface area contributed by atoms with Gasteiger partial charge in [-0.05, 0) is 18.9 Å². The van der Waals surface area contributed by atoms with E-state index in [1.54, 1.807) is 12.4 Å². The number of benzene rings is 1. The molecule has 3 heterocycles. The van der Waals surface area contributed by atoms with Crippen LogP contribution in [0.15, 0.2) is 43.2 Å². The first kappa shape index (κ1) is 18.9. The number of amides is 1. The van der Waals surface area contributed by atoms with Crippen molar-refractivity contribution in [3.05, 3.63) is 60.4 Å². The molecule has 0 spiro atoms. The first-order valence-electron chi connectivity index (χ1n) is 9.24. The lowest BCUT2D eigenvalue weighted by Crippen LogP contribution is -2.43. The number of hydrogen-bond donors (Lipinski definition) is 1. The summed E-state index contributed by atoms with van der Waals surface area (Å²) in [4.78, 5) is 27.0. The second kappa shape index (κ2) is 8.29. The van der Waals surface area contributed by atoms with Gasteiger partial charge >= 0.3 is 0 Å². The van der Waals surface area contributed by atoms with Crippen LogP contribution in [0.2, 0.25) is 0 Å². The zero-order valence-corrected chi connectivity index (χ0v) is 15.5. The Balaban J connectivity index is 1.40. The van der Waals surface area contributed by atoms with Crippen LogP contribution in [0, 0.1) is 17.6 Å². The van der Waals surface area contributed by atoms with E-state index in [2.05, 4.69) is 25.4 Å². The van der Waals surface area contributed by atoms with Gasteiger partial charge in [-0.1, -0.05) is 6.07 Å². The van der Waals surface area contributed by atoms with Crippen molar-refractivity contribution in [2.24, 2.45) is 5.92 Å². The molecule has 0 saturated carbocycles. The smallest absolute Gasteiger partial charge is 0.225 e. The Morgan fingerprint density at radius 1 is 1.17 bits per heavy atom. The lowest BCUT2D eigenvalue weighted by molar-refractivity contribution is -0.125. The number of nitrogens with one attached hydrogen (secondary N) is 1. The molecule has 1 atom stereocenters. The number of piperidine rings is 1. The maximum atomic E-state index is 13.8. The zero-order valence-electron chi connectivity index (χ0n) is 15.5. The molecular weight excluding hydrogens is 380 g/mol.